The van der Waals surface area contributed by atoms with E-state index in [-0.39, 0.29) is 0 Å². The van der Waals surface area contributed by atoms with Gasteiger partial charge in [0.15, 0.2) is 6.21 Å². The van der Waals surface area contributed by atoms with Crippen LogP contribution in [0.15, 0.2) is 134 Å². The quantitative estimate of drug-likeness (QED) is 0.0994. The Balaban J connectivity index is 1.36. The van der Waals surface area contributed by atoms with E-state index in [1.165, 1.54) is 22.9 Å². The van der Waals surface area contributed by atoms with E-state index in [2.05, 4.69) is 145 Å². The lowest BCUT2D eigenvalue weighted by molar-refractivity contribution is 1.14. The molecule has 1 aliphatic heterocycles. The second kappa shape index (κ2) is 13.2. The third-order valence-corrected chi connectivity index (χ3v) is 9.09. The molecule has 0 atom stereocenters. The van der Waals surface area contributed by atoms with Gasteiger partial charge >= 0.3 is 0 Å². The topological polar surface area (TPSA) is 52.9 Å². The number of hydrogen-bond acceptors (Lipinski definition) is 2. The number of fused-ring (bicyclic) bond motifs is 6. The van der Waals surface area contributed by atoms with Crippen LogP contribution in [0.3, 0.4) is 0 Å². The fourth-order valence-electron chi connectivity index (χ4n) is 6.65. The summed E-state index contributed by atoms with van der Waals surface area (Å²) in [6.45, 7) is 4.12. The van der Waals surface area contributed by atoms with Gasteiger partial charge in [-0.3, -0.25) is 0 Å². The number of allylic oxidation sites excluding steroid dienone is 6. The van der Waals surface area contributed by atoms with E-state index in [4.69, 9.17) is 11.1 Å². The van der Waals surface area contributed by atoms with Crippen molar-refractivity contribution in [2.45, 2.75) is 20.3 Å². The summed E-state index contributed by atoms with van der Waals surface area (Å²) < 4.78 is 2.30. The largest absolute Gasteiger partial charge is 0.405 e. The van der Waals surface area contributed by atoms with Gasteiger partial charge in [0.25, 0.3) is 0 Å². The Bertz CT molecular complexity index is 2360. The van der Waals surface area contributed by atoms with Crippen molar-refractivity contribution < 1.29 is 0 Å². The zero-order valence-electron chi connectivity index (χ0n) is 27.2. The van der Waals surface area contributed by atoms with E-state index >= 15 is 0 Å². The van der Waals surface area contributed by atoms with Gasteiger partial charge in [-0.1, -0.05) is 103 Å². The van der Waals surface area contributed by atoms with Crippen molar-refractivity contribution in [3.05, 3.63) is 168 Å². The third-order valence-electron chi connectivity index (χ3n) is 9.09. The SMILES string of the molecule is C/C=C(\C=N)c1ccc(-c2ccc3c4c(c#cc3c2)-c2ccc(C/C=C\C=C/N)cc2[N+]4=C/C=C\c2ccccc2C)c2ccccc12. The number of aryl methyl sites for hydroxylation is 1. The van der Waals surface area contributed by atoms with Crippen molar-refractivity contribution in [1.29, 1.82) is 5.41 Å². The van der Waals surface area contributed by atoms with Gasteiger partial charge in [0.05, 0.1) is 10.9 Å². The van der Waals surface area contributed by atoms with E-state index in [1.54, 1.807) is 6.20 Å². The Morgan fingerprint density at radius 2 is 1.62 bits per heavy atom. The first kappa shape index (κ1) is 30.4. The summed E-state index contributed by atoms with van der Waals surface area (Å²) in [4.78, 5) is 0. The van der Waals surface area contributed by atoms with Crippen molar-refractivity contribution in [1.82, 2.24) is 4.58 Å². The van der Waals surface area contributed by atoms with Gasteiger partial charge in [-0.05, 0) is 107 Å². The summed E-state index contributed by atoms with van der Waals surface area (Å²) in [5, 5.41) is 12.4. The predicted octanol–water partition coefficient (Wildman–Crippen LogP) is 10.8. The minimum atomic E-state index is 0.808. The zero-order valence-corrected chi connectivity index (χ0v) is 27.2. The number of hydrogen-bond donors (Lipinski definition) is 2. The molecule has 0 bridgehead atoms. The predicted molar refractivity (Wildman–Crippen MR) is 206 cm³/mol. The van der Waals surface area contributed by atoms with Crippen LogP contribution in [0.25, 0.3) is 55.4 Å². The Morgan fingerprint density at radius 1 is 0.812 bits per heavy atom. The summed E-state index contributed by atoms with van der Waals surface area (Å²) in [5.41, 5.74) is 17.9. The van der Waals surface area contributed by atoms with Crippen molar-refractivity contribution >= 4 is 57.0 Å². The molecule has 0 radical (unpaired) electrons. The number of nitrogens with zero attached hydrogens (tertiary/aromatic N) is 1. The molecule has 0 fully saturated rings. The average Bonchev–Trinajstić information content (AvgIpc) is 3.44. The number of nitrogens with one attached hydrogen (secondary N) is 1. The lowest BCUT2D eigenvalue weighted by atomic mass is 9.91. The maximum atomic E-state index is 7.94. The van der Waals surface area contributed by atoms with Crippen molar-refractivity contribution in [3.63, 3.8) is 0 Å². The molecule has 1 heterocycles. The van der Waals surface area contributed by atoms with Crippen LogP contribution >= 0.6 is 0 Å². The minimum absolute atomic E-state index is 0.808. The molecule has 3 heteroatoms. The molecule has 3 nitrogen and oxygen atoms in total. The van der Waals surface area contributed by atoms with E-state index in [0.29, 0.717) is 0 Å². The highest BCUT2D eigenvalue weighted by molar-refractivity contribution is 6.16. The molecule has 3 N–H and O–H groups in total. The monoisotopic (exact) mass is 618 g/mol. The first-order valence-electron chi connectivity index (χ1n) is 16.2. The molecule has 1 aliphatic rings. The van der Waals surface area contributed by atoms with Gasteiger partial charge < -0.3 is 11.1 Å². The van der Waals surface area contributed by atoms with Crippen LogP contribution in [0.2, 0.25) is 0 Å². The van der Waals surface area contributed by atoms with Crippen LogP contribution in [-0.4, -0.2) is 12.4 Å². The average molecular weight is 619 g/mol. The number of nitrogens with two attached hydrogens (primary N) is 1. The molecule has 6 aromatic carbocycles. The van der Waals surface area contributed by atoms with Gasteiger partial charge in [0, 0.05) is 23.7 Å². The molecule has 0 saturated heterocycles. The lowest BCUT2D eigenvalue weighted by Gasteiger charge is -2.12. The maximum Gasteiger partial charge on any atom is 0.236 e. The van der Waals surface area contributed by atoms with Crippen LogP contribution in [-0.2, 0) is 6.42 Å². The van der Waals surface area contributed by atoms with Crippen molar-refractivity contribution in [2.24, 2.45) is 5.73 Å². The molecule has 230 valence electrons. The third kappa shape index (κ3) is 5.55. The van der Waals surface area contributed by atoms with Gasteiger partial charge in [0.1, 0.15) is 5.56 Å². The molecular formula is C45H36N3+. The summed E-state index contributed by atoms with van der Waals surface area (Å²) in [6, 6.07) is 41.6. The Hall–Kier alpha value is -6.24. The molecule has 0 amide bonds. The van der Waals surface area contributed by atoms with Gasteiger partial charge in [-0.2, -0.15) is 4.58 Å². The number of rotatable bonds is 8. The first-order valence-corrected chi connectivity index (χ1v) is 16.2. The highest BCUT2D eigenvalue weighted by atomic mass is 15.0. The highest BCUT2D eigenvalue weighted by Gasteiger charge is 2.34. The zero-order chi connectivity index (χ0) is 33.0. The van der Waals surface area contributed by atoms with Crippen LogP contribution < -0.4 is 10.3 Å². The second-order valence-corrected chi connectivity index (χ2v) is 11.9. The van der Waals surface area contributed by atoms with Crippen LogP contribution in [0, 0.1) is 24.5 Å². The fourth-order valence-corrected chi connectivity index (χ4v) is 6.65. The molecule has 0 unspecified atom stereocenters. The maximum absolute atomic E-state index is 7.94. The van der Waals surface area contributed by atoms with Crippen molar-refractivity contribution in [3.8, 4) is 22.3 Å². The van der Waals surface area contributed by atoms with Gasteiger partial charge in [0.2, 0.25) is 11.4 Å². The van der Waals surface area contributed by atoms with E-state index in [9.17, 15) is 0 Å². The normalized spacial score (nSPS) is 13.6. The highest BCUT2D eigenvalue weighted by Crippen LogP contribution is 2.48. The number of benzene rings is 5. The summed E-state index contributed by atoms with van der Waals surface area (Å²) in [6.07, 6.45) is 18.2. The molecule has 0 aliphatic carbocycles. The van der Waals surface area contributed by atoms with Crippen LogP contribution in [0.4, 0.5) is 11.4 Å². The van der Waals surface area contributed by atoms with Gasteiger partial charge in [-0.15, -0.1) is 0 Å². The molecule has 7 rings (SSSR count). The second-order valence-electron chi connectivity index (χ2n) is 11.9. The summed E-state index contributed by atoms with van der Waals surface area (Å²) >= 11 is 0. The fraction of sp³-hybridized carbons (Fsp3) is 0.0667. The van der Waals surface area contributed by atoms with E-state index in [1.807, 2.05) is 25.2 Å². The Morgan fingerprint density at radius 3 is 2.44 bits per heavy atom. The molecule has 48 heavy (non-hydrogen) atoms. The van der Waals surface area contributed by atoms with Crippen LogP contribution in [0.1, 0.15) is 29.2 Å². The molecular weight excluding hydrogens is 583 g/mol. The van der Waals surface area contributed by atoms with Gasteiger partial charge in [-0.25, -0.2) is 0 Å². The Labute approximate surface area is 282 Å². The van der Waals surface area contributed by atoms with Crippen molar-refractivity contribution in [2.75, 3.05) is 0 Å². The van der Waals surface area contributed by atoms with E-state index in [0.717, 1.165) is 72.7 Å². The first-order chi connectivity index (χ1) is 23.6. The molecule has 0 spiro atoms. The van der Waals surface area contributed by atoms with E-state index < -0.39 is 0 Å². The summed E-state index contributed by atoms with van der Waals surface area (Å²) in [7, 11) is 0. The summed E-state index contributed by atoms with van der Waals surface area (Å²) in [5.74, 6) is 0. The Kier molecular flexibility index (Phi) is 8.39. The molecule has 6 aromatic rings. The smallest absolute Gasteiger partial charge is 0.236 e. The minimum Gasteiger partial charge on any atom is -0.405 e. The lowest BCUT2D eigenvalue weighted by Crippen LogP contribution is -2.02. The van der Waals surface area contributed by atoms with Crippen LogP contribution in [0.5, 0.6) is 0 Å². The molecule has 0 saturated carbocycles. The standard InChI is InChI=1S/C45H36N3/c1-3-33(30-47)37-24-25-38(41-17-9-8-16-40(37)41)35-19-22-39-36(29-35)20-23-43-42-21-18-32(13-5-4-10-26-46)28-44(42)48(45(39)43)27-11-15-34-14-7-6-12-31(34)2/h3-12,14-19,21-22,24-30,47H,13,46H2,1-2H3/q+1/b5-4-,15-11-,26-10-,33-3+,47-30?,48-27?. The molecule has 0 aromatic heterocycles.